The van der Waals surface area contributed by atoms with E-state index in [0.717, 1.165) is 37.1 Å². The number of aliphatic hydroxyl groups is 1. The summed E-state index contributed by atoms with van der Waals surface area (Å²) in [6.07, 6.45) is 1.46. The fourth-order valence-corrected chi connectivity index (χ4v) is 3.29. The minimum Gasteiger partial charge on any atom is -0.387 e. The van der Waals surface area contributed by atoms with Crippen LogP contribution in [0.2, 0.25) is 0 Å². The van der Waals surface area contributed by atoms with E-state index in [4.69, 9.17) is 4.74 Å². The minimum absolute atomic E-state index is 0.232. The Balaban J connectivity index is 1.36. The number of hydrogen-bond acceptors (Lipinski definition) is 3. The van der Waals surface area contributed by atoms with Crippen molar-refractivity contribution in [3.05, 3.63) is 71.3 Å². The molecule has 0 aromatic heterocycles. The van der Waals surface area contributed by atoms with E-state index in [0.29, 0.717) is 25.7 Å². The number of halogens is 2. The molecule has 1 atom stereocenters. The van der Waals surface area contributed by atoms with Gasteiger partial charge in [-0.2, -0.15) is 0 Å². The van der Waals surface area contributed by atoms with Crippen molar-refractivity contribution in [2.75, 3.05) is 26.2 Å². The summed E-state index contributed by atoms with van der Waals surface area (Å²) >= 11 is 0. The van der Waals surface area contributed by atoms with Gasteiger partial charge in [0.2, 0.25) is 0 Å². The molecule has 3 nitrogen and oxygen atoms in total. The molecule has 3 rings (SSSR count). The van der Waals surface area contributed by atoms with Gasteiger partial charge in [0, 0.05) is 13.2 Å². The van der Waals surface area contributed by atoms with Gasteiger partial charge in [-0.1, -0.05) is 24.3 Å². The highest BCUT2D eigenvalue weighted by atomic mass is 19.1. The van der Waals surface area contributed by atoms with E-state index >= 15 is 0 Å². The monoisotopic (exact) mass is 361 g/mol. The van der Waals surface area contributed by atoms with E-state index < -0.39 is 6.10 Å². The number of β-amino-alcohol motifs (C(OH)–C–C–N with tert-alkyl or cyclic N) is 1. The van der Waals surface area contributed by atoms with E-state index in [2.05, 4.69) is 4.90 Å². The Hall–Kier alpha value is -1.82. The second-order valence-electron chi connectivity index (χ2n) is 6.95. The van der Waals surface area contributed by atoms with Crippen molar-refractivity contribution >= 4 is 0 Å². The standard InChI is InChI=1S/C21H25F2NO2/c22-19-5-1-16(2-6-19)14-26-15-17-9-11-24(12-10-17)13-21(25)18-3-7-20(23)8-4-18/h1-8,17,21,25H,9-15H2. The lowest BCUT2D eigenvalue weighted by molar-refractivity contribution is 0.0430. The molecule has 5 heteroatoms. The maximum atomic E-state index is 13.0. The van der Waals surface area contributed by atoms with Gasteiger partial charge < -0.3 is 14.7 Å². The molecule has 0 aliphatic carbocycles. The first kappa shape index (κ1) is 19.0. The second kappa shape index (κ2) is 9.21. The van der Waals surface area contributed by atoms with Crippen molar-refractivity contribution in [3.8, 4) is 0 Å². The molecule has 1 N–H and O–H groups in total. The lowest BCUT2D eigenvalue weighted by Crippen LogP contribution is -2.37. The van der Waals surface area contributed by atoms with E-state index in [1.54, 1.807) is 24.3 Å². The fraction of sp³-hybridized carbons (Fsp3) is 0.429. The third kappa shape index (κ3) is 5.59. The number of piperidine rings is 1. The van der Waals surface area contributed by atoms with Gasteiger partial charge in [-0.05, 0) is 67.2 Å². The lowest BCUT2D eigenvalue weighted by Gasteiger charge is -2.33. The zero-order valence-electron chi connectivity index (χ0n) is 14.8. The van der Waals surface area contributed by atoms with Gasteiger partial charge in [0.05, 0.1) is 12.7 Å². The van der Waals surface area contributed by atoms with Crippen molar-refractivity contribution in [1.29, 1.82) is 0 Å². The molecule has 26 heavy (non-hydrogen) atoms. The van der Waals surface area contributed by atoms with Crippen molar-refractivity contribution in [2.24, 2.45) is 5.92 Å². The van der Waals surface area contributed by atoms with Crippen molar-refractivity contribution in [3.63, 3.8) is 0 Å². The zero-order valence-corrected chi connectivity index (χ0v) is 14.8. The Kier molecular flexibility index (Phi) is 6.72. The summed E-state index contributed by atoms with van der Waals surface area (Å²) in [6, 6.07) is 12.4. The van der Waals surface area contributed by atoms with Crippen LogP contribution in [-0.2, 0) is 11.3 Å². The molecule has 0 bridgehead atoms. The number of nitrogens with zero attached hydrogens (tertiary/aromatic N) is 1. The highest BCUT2D eigenvalue weighted by Crippen LogP contribution is 2.21. The Morgan fingerprint density at radius 2 is 1.54 bits per heavy atom. The molecular formula is C21H25F2NO2. The summed E-state index contributed by atoms with van der Waals surface area (Å²) in [5.41, 5.74) is 1.72. The van der Waals surface area contributed by atoms with E-state index in [1.807, 2.05) is 0 Å². The van der Waals surface area contributed by atoms with Crippen LogP contribution < -0.4 is 0 Å². The van der Waals surface area contributed by atoms with Gasteiger partial charge in [-0.25, -0.2) is 8.78 Å². The molecule has 0 amide bonds. The topological polar surface area (TPSA) is 32.7 Å². The van der Waals surface area contributed by atoms with Crippen LogP contribution in [0, 0.1) is 17.6 Å². The summed E-state index contributed by atoms with van der Waals surface area (Å²) in [7, 11) is 0. The van der Waals surface area contributed by atoms with Crippen molar-refractivity contribution in [1.82, 2.24) is 4.90 Å². The summed E-state index contributed by atoms with van der Waals surface area (Å²) < 4.78 is 31.6. The summed E-state index contributed by atoms with van der Waals surface area (Å²) in [5, 5.41) is 10.3. The Bertz CT molecular complexity index is 667. The third-order valence-corrected chi connectivity index (χ3v) is 4.93. The molecule has 1 unspecified atom stereocenters. The minimum atomic E-state index is -0.595. The molecule has 0 saturated carbocycles. The van der Waals surface area contributed by atoms with Crippen molar-refractivity contribution in [2.45, 2.75) is 25.6 Å². The number of benzene rings is 2. The van der Waals surface area contributed by atoms with Crippen LogP contribution in [0.15, 0.2) is 48.5 Å². The van der Waals surface area contributed by atoms with Gasteiger partial charge in [-0.3, -0.25) is 0 Å². The average Bonchev–Trinajstić information content (AvgIpc) is 2.65. The maximum Gasteiger partial charge on any atom is 0.123 e. The molecule has 1 aliphatic rings. The van der Waals surface area contributed by atoms with Gasteiger partial charge >= 0.3 is 0 Å². The van der Waals surface area contributed by atoms with E-state index in [1.165, 1.54) is 24.3 Å². The number of likely N-dealkylation sites (tertiary alicyclic amines) is 1. The quantitative estimate of drug-likeness (QED) is 0.811. The highest BCUT2D eigenvalue weighted by molar-refractivity contribution is 5.18. The molecule has 2 aromatic rings. The van der Waals surface area contributed by atoms with Crippen LogP contribution in [-0.4, -0.2) is 36.2 Å². The van der Waals surface area contributed by atoms with E-state index in [9.17, 15) is 13.9 Å². The molecule has 140 valence electrons. The predicted molar refractivity (Wildman–Crippen MR) is 96.6 cm³/mol. The average molecular weight is 361 g/mol. The second-order valence-corrected chi connectivity index (χ2v) is 6.95. The fourth-order valence-electron chi connectivity index (χ4n) is 3.29. The maximum absolute atomic E-state index is 13.0. The molecule has 1 aliphatic heterocycles. The first-order chi connectivity index (χ1) is 12.6. The van der Waals surface area contributed by atoms with Crippen LogP contribution in [0.25, 0.3) is 0 Å². The molecule has 1 heterocycles. The molecule has 2 aromatic carbocycles. The largest absolute Gasteiger partial charge is 0.387 e. The van der Waals surface area contributed by atoms with Crippen LogP contribution in [0.3, 0.4) is 0 Å². The normalized spacial score (nSPS) is 17.3. The summed E-state index contributed by atoms with van der Waals surface area (Å²) in [6.45, 7) is 3.61. The van der Waals surface area contributed by atoms with Crippen LogP contribution in [0.1, 0.15) is 30.1 Å². The highest BCUT2D eigenvalue weighted by Gasteiger charge is 2.21. The predicted octanol–water partition coefficient (Wildman–Crippen LogP) is 3.93. The van der Waals surface area contributed by atoms with Crippen LogP contribution >= 0.6 is 0 Å². The molecular weight excluding hydrogens is 336 g/mol. The smallest absolute Gasteiger partial charge is 0.123 e. The van der Waals surface area contributed by atoms with Gasteiger partial charge in [-0.15, -0.1) is 0 Å². The van der Waals surface area contributed by atoms with Gasteiger partial charge in [0.1, 0.15) is 11.6 Å². The summed E-state index contributed by atoms with van der Waals surface area (Å²) in [5.74, 6) is -0.0130. The summed E-state index contributed by atoms with van der Waals surface area (Å²) in [4.78, 5) is 2.24. The molecule has 1 fully saturated rings. The molecule has 0 spiro atoms. The number of hydrogen-bond donors (Lipinski definition) is 1. The first-order valence-corrected chi connectivity index (χ1v) is 9.08. The van der Waals surface area contributed by atoms with E-state index in [-0.39, 0.29) is 11.6 Å². The SMILES string of the molecule is OC(CN1CCC(COCc2ccc(F)cc2)CC1)c1ccc(F)cc1. The molecule has 1 saturated heterocycles. The van der Waals surface area contributed by atoms with Crippen LogP contribution in [0.5, 0.6) is 0 Å². The number of rotatable bonds is 7. The Morgan fingerprint density at radius 3 is 2.15 bits per heavy atom. The first-order valence-electron chi connectivity index (χ1n) is 9.08. The lowest BCUT2D eigenvalue weighted by atomic mass is 9.97. The number of ether oxygens (including phenoxy) is 1. The Morgan fingerprint density at radius 1 is 0.962 bits per heavy atom. The van der Waals surface area contributed by atoms with Gasteiger partial charge in [0.15, 0.2) is 0 Å². The number of aliphatic hydroxyl groups excluding tert-OH is 1. The zero-order chi connectivity index (χ0) is 18.4. The Labute approximate surface area is 153 Å². The van der Waals surface area contributed by atoms with Gasteiger partial charge in [0.25, 0.3) is 0 Å². The third-order valence-electron chi connectivity index (χ3n) is 4.93. The van der Waals surface area contributed by atoms with Crippen LogP contribution in [0.4, 0.5) is 8.78 Å². The van der Waals surface area contributed by atoms with Crippen molar-refractivity contribution < 1.29 is 18.6 Å². The molecule has 0 radical (unpaired) electrons.